The predicted molar refractivity (Wildman–Crippen MR) is 102 cm³/mol. The maximum absolute atomic E-state index is 13.0. The highest BCUT2D eigenvalue weighted by Gasteiger charge is 2.27. The molecule has 140 valence electrons. The van der Waals surface area contributed by atoms with E-state index in [-0.39, 0.29) is 17.6 Å². The molecule has 2 aromatic heterocycles. The monoisotopic (exact) mass is 385 g/mol. The Labute approximate surface area is 160 Å². The molecule has 6 nitrogen and oxygen atoms in total. The highest BCUT2D eigenvalue weighted by molar-refractivity contribution is 7.17. The zero-order valence-electron chi connectivity index (χ0n) is 14.7. The van der Waals surface area contributed by atoms with Gasteiger partial charge in [0.15, 0.2) is 0 Å². The summed E-state index contributed by atoms with van der Waals surface area (Å²) in [5, 5.41) is 13.2. The van der Waals surface area contributed by atoms with Gasteiger partial charge in [0.2, 0.25) is 16.2 Å². The van der Waals surface area contributed by atoms with Gasteiger partial charge in [0.25, 0.3) is 0 Å². The van der Waals surface area contributed by atoms with Crippen LogP contribution in [0.25, 0.3) is 5.13 Å². The van der Waals surface area contributed by atoms with Crippen molar-refractivity contribution in [3.63, 3.8) is 0 Å². The third-order valence-electron chi connectivity index (χ3n) is 4.67. The number of carbonyl (C=O) groups is 1. The number of benzene rings is 1. The molecule has 0 saturated carbocycles. The smallest absolute Gasteiger partial charge is 0.225 e. The lowest BCUT2D eigenvalue weighted by Gasteiger charge is -2.31. The van der Waals surface area contributed by atoms with E-state index in [9.17, 15) is 9.18 Å². The maximum Gasteiger partial charge on any atom is 0.225 e. The number of amides is 1. The van der Waals surface area contributed by atoms with E-state index in [0.717, 1.165) is 35.2 Å². The molecule has 1 aliphatic heterocycles. The number of rotatable bonds is 5. The minimum Gasteiger partial charge on any atom is -0.352 e. The average molecular weight is 385 g/mol. The molecule has 1 fully saturated rings. The van der Waals surface area contributed by atoms with Crippen molar-refractivity contribution in [1.29, 1.82) is 0 Å². The number of hydrogen-bond acceptors (Lipinski definition) is 5. The van der Waals surface area contributed by atoms with E-state index in [4.69, 9.17) is 0 Å². The highest BCUT2D eigenvalue weighted by atomic mass is 32.1. The van der Waals surface area contributed by atoms with E-state index in [2.05, 4.69) is 20.4 Å². The van der Waals surface area contributed by atoms with Gasteiger partial charge in [-0.05, 0) is 42.7 Å². The summed E-state index contributed by atoms with van der Waals surface area (Å²) >= 11 is 1.52. The number of nitrogens with one attached hydrogen (secondary N) is 1. The standard InChI is InChI=1S/C19H20FN5OS/c20-16-7-5-14(6-8-16)12-21-17(26)15-4-3-11-25(13-15)19-23-22-18(27-19)24-9-1-2-10-24/h1-2,5-10,15H,3-4,11-13H2,(H,21,26)/t15-/m0/s1. The Morgan fingerprint density at radius 2 is 1.93 bits per heavy atom. The van der Waals surface area contributed by atoms with Crippen molar-refractivity contribution in [2.75, 3.05) is 18.0 Å². The first-order valence-electron chi connectivity index (χ1n) is 8.93. The van der Waals surface area contributed by atoms with Crippen LogP contribution in [0.5, 0.6) is 0 Å². The van der Waals surface area contributed by atoms with E-state index in [1.807, 2.05) is 29.1 Å². The normalized spacial score (nSPS) is 17.1. The Morgan fingerprint density at radius 1 is 1.19 bits per heavy atom. The van der Waals surface area contributed by atoms with Gasteiger partial charge < -0.3 is 10.2 Å². The lowest BCUT2D eigenvalue weighted by Crippen LogP contribution is -2.43. The van der Waals surface area contributed by atoms with Crippen LogP contribution in [-0.4, -0.2) is 33.8 Å². The summed E-state index contributed by atoms with van der Waals surface area (Å²) in [5.41, 5.74) is 0.887. The second kappa shape index (κ2) is 7.87. The van der Waals surface area contributed by atoms with Crippen molar-refractivity contribution >= 4 is 22.4 Å². The molecular weight excluding hydrogens is 365 g/mol. The second-order valence-electron chi connectivity index (χ2n) is 6.59. The van der Waals surface area contributed by atoms with Crippen molar-refractivity contribution in [2.24, 2.45) is 5.92 Å². The minimum atomic E-state index is -0.274. The number of halogens is 1. The molecule has 27 heavy (non-hydrogen) atoms. The Morgan fingerprint density at radius 3 is 2.70 bits per heavy atom. The topological polar surface area (TPSA) is 63.1 Å². The Balaban J connectivity index is 1.36. The quantitative estimate of drug-likeness (QED) is 0.733. The van der Waals surface area contributed by atoms with Crippen LogP contribution >= 0.6 is 11.3 Å². The van der Waals surface area contributed by atoms with Crippen molar-refractivity contribution in [2.45, 2.75) is 19.4 Å². The summed E-state index contributed by atoms with van der Waals surface area (Å²) in [7, 11) is 0. The molecule has 0 bridgehead atoms. The third-order valence-corrected chi connectivity index (χ3v) is 5.67. The first-order valence-corrected chi connectivity index (χ1v) is 9.74. The summed E-state index contributed by atoms with van der Waals surface area (Å²) in [6.07, 6.45) is 5.67. The molecule has 3 aromatic rings. The zero-order valence-corrected chi connectivity index (χ0v) is 15.5. The molecule has 1 aromatic carbocycles. The van der Waals surface area contributed by atoms with Gasteiger partial charge in [-0.3, -0.25) is 9.36 Å². The molecule has 0 spiro atoms. The molecule has 0 radical (unpaired) electrons. The van der Waals surface area contributed by atoms with Crippen LogP contribution in [-0.2, 0) is 11.3 Å². The molecule has 1 atom stereocenters. The molecule has 4 rings (SSSR count). The van der Waals surface area contributed by atoms with Gasteiger partial charge in [-0.1, -0.05) is 23.5 Å². The number of nitrogens with zero attached hydrogens (tertiary/aromatic N) is 4. The molecule has 1 amide bonds. The molecule has 0 unspecified atom stereocenters. The summed E-state index contributed by atoms with van der Waals surface area (Å²) in [6, 6.07) is 10.1. The van der Waals surface area contributed by atoms with Gasteiger partial charge in [0.05, 0.1) is 5.92 Å². The lowest BCUT2D eigenvalue weighted by atomic mass is 9.97. The third kappa shape index (κ3) is 4.16. The first-order chi connectivity index (χ1) is 13.2. The number of carbonyl (C=O) groups excluding carboxylic acids is 1. The number of hydrogen-bond donors (Lipinski definition) is 1. The van der Waals surface area contributed by atoms with Gasteiger partial charge in [-0.2, -0.15) is 0 Å². The largest absolute Gasteiger partial charge is 0.352 e. The first kappa shape index (κ1) is 17.7. The van der Waals surface area contributed by atoms with Gasteiger partial charge in [0.1, 0.15) is 5.82 Å². The van der Waals surface area contributed by atoms with Crippen LogP contribution in [0.4, 0.5) is 9.52 Å². The summed E-state index contributed by atoms with van der Waals surface area (Å²) in [4.78, 5) is 14.7. The van der Waals surface area contributed by atoms with Gasteiger partial charge in [-0.25, -0.2) is 4.39 Å². The van der Waals surface area contributed by atoms with Crippen LogP contribution < -0.4 is 10.2 Å². The lowest BCUT2D eigenvalue weighted by molar-refractivity contribution is -0.125. The number of anilines is 1. The van der Waals surface area contributed by atoms with Crippen LogP contribution in [0.1, 0.15) is 18.4 Å². The Bertz CT molecular complexity index is 893. The molecule has 1 saturated heterocycles. The van der Waals surface area contributed by atoms with E-state index < -0.39 is 0 Å². The fourth-order valence-corrected chi connectivity index (χ4v) is 4.05. The molecule has 1 N–H and O–H groups in total. The van der Waals surface area contributed by atoms with E-state index in [0.29, 0.717) is 13.1 Å². The van der Waals surface area contributed by atoms with Crippen LogP contribution in [0.2, 0.25) is 0 Å². The molecule has 8 heteroatoms. The predicted octanol–water partition coefficient (Wildman–Crippen LogP) is 3.00. The van der Waals surface area contributed by atoms with Crippen molar-refractivity contribution in [3.05, 3.63) is 60.2 Å². The number of aromatic nitrogens is 3. The maximum atomic E-state index is 13.0. The van der Waals surface area contributed by atoms with Gasteiger partial charge in [0, 0.05) is 32.0 Å². The Hall–Kier alpha value is -2.74. The summed E-state index contributed by atoms with van der Waals surface area (Å²) < 4.78 is 14.9. The second-order valence-corrected chi connectivity index (χ2v) is 7.52. The minimum absolute atomic E-state index is 0.0270. The van der Waals surface area contributed by atoms with E-state index in [1.54, 1.807) is 12.1 Å². The van der Waals surface area contributed by atoms with E-state index >= 15 is 0 Å². The zero-order chi connectivity index (χ0) is 18.6. The van der Waals surface area contributed by atoms with Gasteiger partial charge >= 0.3 is 0 Å². The number of piperidine rings is 1. The van der Waals surface area contributed by atoms with Crippen LogP contribution in [0.15, 0.2) is 48.8 Å². The van der Waals surface area contributed by atoms with Crippen molar-refractivity contribution in [1.82, 2.24) is 20.1 Å². The van der Waals surface area contributed by atoms with E-state index in [1.165, 1.54) is 23.5 Å². The van der Waals surface area contributed by atoms with Crippen LogP contribution in [0.3, 0.4) is 0 Å². The average Bonchev–Trinajstić information content (AvgIpc) is 3.39. The van der Waals surface area contributed by atoms with Crippen LogP contribution in [0, 0.1) is 11.7 Å². The SMILES string of the molecule is O=C(NCc1ccc(F)cc1)[C@H]1CCCN(c2nnc(-n3cccc3)s2)C1. The van der Waals surface area contributed by atoms with Crippen molar-refractivity contribution < 1.29 is 9.18 Å². The molecule has 3 heterocycles. The fourth-order valence-electron chi connectivity index (χ4n) is 3.20. The van der Waals surface area contributed by atoms with Gasteiger partial charge in [-0.15, -0.1) is 10.2 Å². The molecule has 1 aliphatic rings. The highest BCUT2D eigenvalue weighted by Crippen LogP contribution is 2.27. The van der Waals surface area contributed by atoms with Crippen molar-refractivity contribution in [3.8, 4) is 5.13 Å². The summed E-state index contributed by atoms with van der Waals surface area (Å²) in [5.74, 6) is -0.332. The Kier molecular flexibility index (Phi) is 5.15. The molecule has 0 aliphatic carbocycles. The fraction of sp³-hybridized carbons (Fsp3) is 0.316. The molecular formula is C19H20FN5OS. The summed E-state index contributed by atoms with van der Waals surface area (Å²) in [6.45, 7) is 1.92.